The van der Waals surface area contributed by atoms with Gasteiger partial charge in [-0.2, -0.15) is 13.2 Å². The molecule has 0 aliphatic carbocycles. The monoisotopic (exact) mass is 450 g/mol. The molecule has 33 heavy (non-hydrogen) atoms. The number of carbonyl (C=O) groups is 1. The van der Waals surface area contributed by atoms with Crippen LogP contribution >= 0.6 is 0 Å². The normalized spacial score (nSPS) is 16.8. The van der Waals surface area contributed by atoms with Crippen LogP contribution in [0.1, 0.15) is 32.6 Å². The number of alkyl halides is 3. The first-order chi connectivity index (χ1) is 15.7. The average molecular weight is 450 g/mol. The summed E-state index contributed by atoms with van der Waals surface area (Å²) in [6, 6.07) is 20.0. The van der Waals surface area contributed by atoms with Gasteiger partial charge in [-0.15, -0.1) is 0 Å². The van der Waals surface area contributed by atoms with Crippen molar-refractivity contribution < 1.29 is 23.1 Å². The number of anilines is 1. The van der Waals surface area contributed by atoms with Crippen molar-refractivity contribution >= 4 is 17.7 Å². The standard InChI is InChI=1S/C26H21F3N2O2/c27-26(28,29)22-7-3-6-21(14-22)25(33)16-31(17-25)24(32)19-8-10-23(11-9-19)30-13-12-18-4-1-2-5-20(18)15-30/h1-14,33H,15-17H2. The summed E-state index contributed by atoms with van der Waals surface area (Å²) in [5.74, 6) is -0.266. The molecule has 2 aliphatic rings. The van der Waals surface area contributed by atoms with Crippen molar-refractivity contribution in [3.05, 3.63) is 107 Å². The van der Waals surface area contributed by atoms with E-state index in [0.717, 1.165) is 24.4 Å². The zero-order valence-corrected chi connectivity index (χ0v) is 17.6. The Bertz CT molecular complexity index is 1230. The van der Waals surface area contributed by atoms with Crippen molar-refractivity contribution in [2.24, 2.45) is 0 Å². The van der Waals surface area contributed by atoms with E-state index in [1.807, 2.05) is 36.5 Å². The minimum Gasteiger partial charge on any atom is -0.381 e. The van der Waals surface area contributed by atoms with Gasteiger partial charge in [0, 0.05) is 24.0 Å². The van der Waals surface area contributed by atoms with E-state index >= 15 is 0 Å². The van der Waals surface area contributed by atoms with Gasteiger partial charge in [-0.3, -0.25) is 4.79 Å². The second-order valence-corrected chi connectivity index (χ2v) is 8.46. The van der Waals surface area contributed by atoms with Gasteiger partial charge in [0.25, 0.3) is 5.91 Å². The van der Waals surface area contributed by atoms with Crippen molar-refractivity contribution in [2.75, 3.05) is 18.0 Å². The molecule has 3 aromatic rings. The first-order valence-corrected chi connectivity index (χ1v) is 10.6. The Morgan fingerprint density at radius 2 is 1.67 bits per heavy atom. The minimum absolute atomic E-state index is 0.0550. The maximum atomic E-state index is 13.0. The third-order valence-corrected chi connectivity index (χ3v) is 6.20. The van der Waals surface area contributed by atoms with Gasteiger partial charge in [-0.25, -0.2) is 0 Å². The molecule has 0 aromatic heterocycles. The molecule has 1 saturated heterocycles. The fourth-order valence-electron chi connectivity index (χ4n) is 4.30. The van der Waals surface area contributed by atoms with Gasteiger partial charge in [0.15, 0.2) is 0 Å². The second kappa shape index (κ2) is 7.78. The van der Waals surface area contributed by atoms with Crippen LogP contribution in [0.2, 0.25) is 0 Å². The summed E-state index contributed by atoms with van der Waals surface area (Å²) >= 11 is 0. The Hall–Kier alpha value is -3.58. The topological polar surface area (TPSA) is 43.8 Å². The Kier molecular flexibility index (Phi) is 5.01. The molecule has 2 aliphatic heterocycles. The molecule has 0 spiro atoms. The zero-order chi connectivity index (χ0) is 23.2. The maximum Gasteiger partial charge on any atom is 0.416 e. The van der Waals surface area contributed by atoms with E-state index in [1.165, 1.54) is 28.2 Å². The first-order valence-electron chi connectivity index (χ1n) is 10.6. The smallest absolute Gasteiger partial charge is 0.381 e. The number of aliphatic hydroxyl groups is 1. The summed E-state index contributed by atoms with van der Waals surface area (Å²) in [6.07, 6.45) is -0.435. The number of carbonyl (C=O) groups excluding carboxylic acids is 1. The Labute approximate surface area is 189 Å². The molecule has 7 heteroatoms. The number of hydrogen-bond donors (Lipinski definition) is 1. The Morgan fingerprint density at radius 3 is 2.39 bits per heavy atom. The number of β-amino-alcohol motifs (C(OH)–C–C–N with tert-alkyl or cyclic N) is 1. The van der Waals surface area contributed by atoms with Crippen molar-refractivity contribution in [1.82, 2.24) is 4.90 Å². The van der Waals surface area contributed by atoms with Crippen molar-refractivity contribution in [1.29, 1.82) is 0 Å². The van der Waals surface area contributed by atoms with Gasteiger partial charge in [0.2, 0.25) is 0 Å². The van der Waals surface area contributed by atoms with Crippen molar-refractivity contribution in [3.63, 3.8) is 0 Å². The molecule has 0 atom stereocenters. The third-order valence-electron chi connectivity index (χ3n) is 6.20. The molecule has 0 bridgehead atoms. The number of hydrogen-bond acceptors (Lipinski definition) is 3. The van der Waals surface area contributed by atoms with Crippen LogP contribution in [0.5, 0.6) is 0 Å². The summed E-state index contributed by atoms with van der Waals surface area (Å²) in [6.45, 7) is 0.622. The van der Waals surface area contributed by atoms with Crippen molar-refractivity contribution in [3.8, 4) is 0 Å². The summed E-state index contributed by atoms with van der Waals surface area (Å²) in [7, 11) is 0. The molecule has 0 radical (unpaired) electrons. The van der Waals surface area contributed by atoms with E-state index in [0.29, 0.717) is 5.56 Å². The van der Waals surface area contributed by atoms with E-state index < -0.39 is 17.3 Å². The van der Waals surface area contributed by atoms with Gasteiger partial charge < -0.3 is 14.9 Å². The van der Waals surface area contributed by atoms with Crippen LogP contribution in [-0.4, -0.2) is 29.0 Å². The Morgan fingerprint density at radius 1 is 0.939 bits per heavy atom. The average Bonchev–Trinajstić information content (AvgIpc) is 2.81. The Balaban J connectivity index is 1.25. The molecule has 1 N–H and O–H groups in total. The minimum atomic E-state index is -4.49. The highest BCUT2D eigenvalue weighted by molar-refractivity contribution is 5.95. The van der Waals surface area contributed by atoms with Crippen LogP contribution in [0, 0.1) is 0 Å². The van der Waals surface area contributed by atoms with Crippen molar-refractivity contribution in [2.45, 2.75) is 18.3 Å². The number of rotatable bonds is 3. The molecule has 1 fully saturated rings. The SMILES string of the molecule is O=C(c1ccc(N2C=Cc3ccccc3C2)cc1)N1CC(O)(c2cccc(C(F)(F)F)c2)C1. The highest BCUT2D eigenvalue weighted by atomic mass is 19.4. The maximum absolute atomic E-state index is 13.0. The van der Waals surface area contributed by atoms with Gasteiger partial charge in [-0.1, -0.05) is 36.4 Å². The number of benzene rings is 3. The summed E-state index contributed by atoms with van der Waals surface area (Å²) in [4.78, 5) is 16.4. The molecule has 0 saturated carbocycles. The molecule has 2 heterocycles. The predicted molar refractivity (Wildman–Crippen MR) is 119 cm³/mol. The molecular weight excluding hydrogens is 429 g/mol. The van der Waals surface area contributed by atoms with E-state index in [-0.39, 0.29) is 24.6 Å². The van der Waals surface area contributed by atoms with Gasteiger partial charge in [0.05, 0.1) is 18.7 Å². The molecule has 4 nitrogen and oxygen atoms in total. The van der Waals surface area contributed by atoms with E-state index in [1.54, 1.807) is 12.1 Å². The largest absolute Gasteiger partial charge is 0.416 e. The number of likely N-dealkylation sites (tertiary alicyclic amines) is 1. The summed E-state index contributed by atoms with van der Waals surface area (Å²) < 4.78 is 39.0. The van der Waals surface area contributed by atoms with Crippen LogP contribution in [-0.2, 0) is 18.3 Å². The zero-order valence-electron chi connectivity index (χ0n) is 17.6. The first kappa shape index (κ1) is 21.3. The van der Waals surface area contributed by atoms with E-state index in [2.05, 4.69) is 17.0 Å². The quantitative estimate of drug-likeness (QED) is 0.608. The highest BCUT2D eigenvalue weighted by Gasteiger charge is 2.46. The lowest BCUT2D eigenvalue weighted by molar-refractivity contribution is -0.138. The molecule has 168 valence electrons. The van der Waals surface area contributed by atoms with Crippen LogP contribution in [0.25, 0.3) is 6.08 Å². The van der Waals surface area contributed by atoms with Crippen LogP contribution in [0.15, 0.2) is 79.0 Å². The fourth-order valence-corrected chi connectivity index (χ4v) is 4.30. The fraction of sp³-hybridized carbons (Fsp3) is 0.192. The van der Waals surface area contributed by atoms with E-state index in [9.17, 15) is 23.1 Å². The number of nitrogens with zero attached hydrogens (tertiary/aromatic N) is 2. The number of halogens is 3. The van der Waals surface area contributed by atoms with Crippen LogP contribution in [0.3, 0.4) is 0 Å². The molecule has 3 aromatic carbocycles. The lowest BCUT2D eigenvalue weighted by atomic mass is 9.85. The summed E-state index contributed by atoms with van der Waals surface area (Å²) in [5.41, 5.74) is 1.67. The van der Waals surface area contributed by atoms with Crippen LogP contribution < -0.4 is 4.90 Å². The molecular formula is C26H21F3N2O2. The molecule has 0 unspecified atom stereocenters. The summed E-state index contributed by atoms with van der Waals surface area (Å²) in [5, 5.41) is 10.8. The second-order valence-electron chi connectivity index (χ2n) is 8.46. The van der Waals surface area contributed by atoms with Crippen LogP contribution in [0.4, 0.5) is 18.9 Å². The lowest BCUT2D eigenvalue weighted by Gasteiger charge is -2.47. The van der Waals surface area contributed by atoms with E-state index in [4.69, 9.17) is 0 Å². The predicted octanol–water partition coefficient (Wildman–Crippen LogP) is 5.04. The third kappa shape index (κ3) is 4.00. The van der Waals surface area contributed by atoms with Gasteiger partial charge in [0.1, 0.15) is 5.60 Å². The number of amides is 1. The number of fused-ring (bicyclic) bond motifs is 1. The van der Waals surface area contributed by atoms with Gasteiger partial charge >= 0.3 is 6.18 Å². The van der Waals surface area contributed by atoms with Gasteiger partial charge in [-0.05, 0) is 59.2 Å². The molecule has 1 amide bonds. The highest BCUT2D eigenvalue weighted by Crippen LogP contribution is 2.37. The molecule has 5 rings (SSSR count). The lowest BCUT2D eigenvalue weighted by Crippen LogP contribution is -2.61.